The molecular formula is C17H22BrClN2OS. The van der Waals surface area contributed by atoms with E-state index >= 15 is 0 Å². The molecule has 0 bridgehead atoms. The molecule has 0 aliphatic rings. The molecule has 126 valence electrons. The zero-order valence-electron chi connectivity index (χ0n) is 13.1. The smallest absolute Gasteiger partial charge is 0.230 e. The zero-order chi connectivity index (χ0) is 15.9. The highest BCUT2D eigenvalue weighted by Gasteiger charge is 2.22. The number of benzene rings is 1. The van der Waals surface area contributed by atoms with Gasteiger partial charge in [-0.3, -0.25) is 4.79 Å². The maximum absolute atomic E-state index is 12.7. The maximum Gasteiger partial charge on any atom is 0.230 e. The molecule has 1 aromatic heterocycles. The minimum atomic E-state index is -0.126. The Morgan fingerprint density at radius 3 is 2.48 bits per heavy atom. The van der Waals surface area contributed by atoms with Gasteiger partial charge in [0.25, 0.3) is 0 Å². The van der Waals surface area contributed by atoms with Crippen LogP contribution in [0.3, 0.4) is 0 Å². The SMILES string of the molecule is CC(C(=O)N(CCN)CCc1ccccc1)c1ccc(Br)s1.Cl. The molecule has 1 atom stereocenters. The van der Waals surface area contributed by atoms with Crippen LogP contribution in [0.4, 0.5) is 0 Å². The Labute approximate surface area is 156 Å². The first-order valence-corrected chi connectivity index (χ1v) is 9.00. The first kappa shape index (κ1) is 20.2. The van der Waals surface area contributed by atoms with Crippen molar-refractivity contribution in [3.8, 4) is 0 Å². The minimum absolute atomic E-state index is 0. The minimum Gasteiger partial charge on any atom is -0.341 e. The average molecular weight is 418 g/mol. The molecule has 0 spiro atoms. The van der Waals surface area contributed by atoms with E-state index in [1.807, 2.05) is 42.2 Å². The lowest BCUT2D eigenvalue weighted by molar-refractivity contribution is -0.132. The van der Waals surface area contributed by atoms with Gasteiger partial charge in [-0.1, -0.05) is 30.3 Å². The third kappa shape index (κ3) is 5.92. The second-order valence-corrected chi connectivity index (χ2v) is 7.71. The number of nitrogens with two attached hydrogens (primary N) is 1. The first-order valence-electron chi connectivity index (χ1n) is 7.40. The second kappa shape index (κ2) is 10.1. The van der Waals surface area contributed by atoms with Gasteiger partial charge in [-0.05, 0) is 47.0 Å². The fourth-order valence-electron chi connectivity index (χ4n) is 2.35. The van der Waals surface area contributed by atoms with Gasteiger partial charge >= 0.3 is 0 Å². The van der Waals surface area contributed by atoms with E-state index in [0.29, 0.717) is 19.6 Å². The quantitative estimate of drug-likeness (QED) is 0.738. The standard InChI is InChI=1S/C17H21BrN2OS.ClH/c1-13(15-7-8-16(18)22-15)17(21)20(12-10-19)11-9-14-5-3-2-4-6-14;/h2-8,13H,9-12,19H2,1H3;1H. The fourth-order valence-corrected chi connectivity index (χ4v) is 3.82. The predicted molar refractivity (Wildman–Crippen MR) is 103 cm³/mol. The Kier molecular flexibility index (Phi) is 8.84. The predicted octanol–water partition coefficient (Wildman–Crippen LogP) is 4.07. The van der Waals surface area contributed by atoms with Gasteiger partial charge < -0.3 is 10.6 Å². The van der Waals surface area contributed by atoms with Gasteiger partial charge in [-0.2, -0.15) is 0 Å². The number of hydrogen-bond acceptors (Lipinski definition) is 3. The van der Waals surface area contributed by atoms with Crippen LogP contribution in [0.15, 0.2) is 46.3 Å². The van der Waals surface area contributed by atoms with Crippen LogP contribution in [0.2, 0.25) is 0 Å². The summed E-state index contributed by atoms with van der Waals surface area (Å²) < 4.78 is 1.05. The van der Waals surface area contributed by atoms with Crippen molar-refractivity contribution in [2.75, 3.05) is 19.6 Å². The van der Waals surface area contributed by atoms with Crippen LogP contribution in [0.25, 0.3) is 0 Å². The second-order valence-electron chi connectivity index (χ2n) is 5.21. The number of amides is 1. The van der Waals surface area contributed by atoms with Crippen LogP contribution in [0.1, 0.15) is 23.3 Å². The summed E-state index contributed by atoms with van der Waals surface area (Å²) in [6.45, 7) is 3.76. The molecule has 1 aromatic carbocycles. The molecule has 0 saturated heterocycles. The van der Waals surface area contributed by atoms with Crippen LogP contribution in [0, 0.1) is 0 Å². The highest BCUT2D eigenvalue weighted by Crippen LogP contribution is 2.29. The average Bonchev–Trinajstić information content (AvgIpc) is 2.97. The molecule has 1 amide bonds. The summed E-state index contributed by atoms with van der Waals surface area (Å²) >= 11 is 5.06. The molecule has 1 heterocycles. The van der Waals surface area contributed by atoms with Crippen molar-refractivity contribution < 1.29 is 4.79 Å². The number of thiophene rings is 1. The molecule has 23 heavy (non-hydrogen) atoms. The molecule has 0 saturated carbocycles. The molecule has 1 unspecified atom stereocenters. The first-order chi connectivity index (χ1) is 10.6. The number of carbonyl (C=O) groups excluding carboxylic acids is 1. The van der Waals surface area contributed by atoms with Crippen molar-refractivity contribution in [3.05, 3.63) is 56.7 Å². The third-order valence-corrected chi connectivity index (χ3v) is 5.42. The largest absolute Gasteiger partial charge is 0.341 e. The Hall–Kier alpha value is -0.880. The van der Waals surface area contributed by atoms with Gasteiger partial charge in [-0.25, -0.2) is 0 Å². The monoisotopic (exact) mass is 416 g/mol. The van der Waals surface area contributed by atoms with Crippen molar-refractivity contribution in [2.45, 2.75) is 19.3 Å². The lowest BCUT2D eigenvalue weighted by atomic mass is 10.1. The number of carbonyl (C=O) groups is 1. The Morgan fingerprint density at radius 2 is 1.91 bits per heavy atom. The van der Waals surface area contributed by atoms with E-state index in [4.69, 9.17) is 5.73 Å². The molecule has 0 aliphatic carbocycles. The van der Waals surface area contributed by atoms with Crippen molar-refractivity contribution in [2.24, 2.45) is 5.73 Å². The van der Waals surface area contributed by atoms with Crippen LogP contribution in [-0.2, 0) is 11.2 Å². The summed E-state index contributed by atoms with van der Waals surface area (Å²) in [6.07, 6.45) is 0.855. The molecule has 2 rings (SSSR count). The Morgan fingerprint density at radius 1 is 1.22 bits per heavy atom. The Bertz CT molecular complexity index is 606. The molecule has 2 aromatic rings. The van der Waals surface area contributed by atoms with Crippen LogP contribution < -0.4 is 5.73 Å². The summed E-state index contributed by atoms with van der Waals surface area (Å²) in [6, 6.07) is 14.2. The van der Waals surface area contributed by atoms with E-state index in [2.05, 4.69) is 28.1 Å². The molecule has 0 fully saturated rings. The van der Waals surface area contributed by atoms with Crippen molar-refractivity contribution in [1.82, 2.24) is 4.90 Å². The highest BCUT2D eigenvalue weighted by atomic mass is 79.9. The summed E-state index contributed by atoms with van der Waals surface area (Å²) in [5.41, 5.74) is 6.92. The van der Waals surface area contributed by atoms with Gasteiger partial charge in [0.15, 0.2) is 0 Å². The van der Waals surface area contributed by atoms with Crippen LogP contribution >= 0.6 is 39.7 Å². The van der Waals surface area contributed by atoms with Crippen LogP contribution in [-0.4, -0.2) is 30.4 Å². The van der Waals surface area contributed by atoms with E-state index in [9.17, 15) is 4.79 Å². The van der Waals surface area contributed by atoms with E-state index in [1.165, 1.54) is 5.56 Å². The number of nitrogens with zero attached hydrogens (tertiary/aromatic N) is 1. The number of rotatable bonds is 7. The van der Waals surface area contributed by atoms with Crippen molar-refractivity contribution in [3.63, 3.8) is 0 Å². The summed E-state index contributed by atoms with van der Waals surface area (Å²) in [5.74, 6) is 0.0226. The maximum atomic E-state index is 12.7. The number of hydrogen-bond donors (Lipinski definition) is 1. The van der Waals surface area contributed by atoms with E-state index in [-0.39, 0.29) is 24.2 Å². The normalized spacial score (nSPS) is 11.6. The molecule has 0 aliphatic heterocycles. The van der Waals surface area contributed by atoms with Gasteiger partial charge in [-0.15, -0.1) is 23.7 Å². The fraction of sp³-hybridized carbons (Fsp3) is 0.353. The van der Waals surface area contributed by atoms with E-state index < -0.39 is 0 Å². The Balaban J connectivity index is 0.00000264. The summed E-state index contributed by atoms with van der Waals surface area (Å²) in [5, 5.41) is 0. The molecule has 0 radical (unpaired) electrons. The van der Waals surface area contributed by atoms with E-state index in [0.717, 1.165) is 15.1 Å². The van der Waals surface area contributed by atoms with Crippen LogP contribution in [0.5, 0.6) is 0 Å². The van der Waals surface area contributed by atoms with Crippen molar-refractivity contribution >= 4 is 45.6 Å². The molecular weight excluding hydrogens is 396 g/mol. The highest BCUT2D eigenvalue weighted by molar-refractivity contribution is 9.11. The zero-order valence-corrected chi connectivity index (χ0v) is 16.3. The van der Waals surface area contributed by atoms with Gasteiger partial charge in [0.1, 0.15) is 0 Å². The van der Waals surface area contributed by atoms with Gasteiger partial charge in [0.2, 0.25) is 5.91 Å². The molecule has 2 N–H and O–H groups in total. The van der Waals surface area contributed by atoms with Gasteiger partial charge in [0, 0.05) is 24.5 Å². The van der Waals surface area contributed by atoms with E-state index in [1.54, 1.807) is 11.3 Å². The summed E-state index contributed by atoms with van der Waals surface area (Å²) in [7, 11) is 0. The van der Waals surface area contributed by atoms with Crippen molar-refractivity contribution in [1.29, 1.82) is 0 Å². The number of halogens is 2. The lowest BCUT2D eigenvalue weighted by Gasteiger charge is -2.25. The third-order valence-electron chi connectivity index (χ3n) is 3.62. The molecule has 3 nitrogen and oxygen atoms in total. The topological polar surface area (TPSA) is 46.3 Å². The lowest BCUT2D eigenvalue weighted by Crippen LogP contribution is -2.39. The summed E-state index contributed by atoms with van der Waals surface area (Å²) in [4.78, 5) is 15.7. The van der Waals surface area contributed by atoms with Gasteiger partial charge in [0.05, 0.1) is 9.70 Å². The molecule has 6 heteroatoms.